The molecule has 7 heteroatoms. The predicted octanol–water partition coefficient (Wildman–Crippen LogP) is 3.46. The van der Waals surface area contributed by atoms with Crippen LogP contribution in [-0.2, 0) is 0 Å². The molecule has 3 heterocycles. The molecule has 4 nitrogen and oxygen atoms in total. The first-order chi connectivity index (χ1) is 12.6. The third kappa shape index (κ3) is 3.04. The molecule has 1 aromatic carbocycles. The fourth-order valence-corrected chi connectivity index (χ4v) is 4.47. The van der Waals surface area contributed by atoms with Crippen molar-refractivity contribution in [2.75, 3.05) is 38.1 Å². The lowest BCUT2D eigenvalue weighted by molar-refractivity contribution is 0.312. The van der Waals surface area contributed by atoms with Gasteiger partial charge in [0.05, 0.1) is 32.8 Å². The third-order valence-electron chi connectivity index (χ3n) is 4.76. The number of fused-ring (bicyclic) bond motifs is 2. The molecular formula is C19H16Cl2N4S. The Balaban J connectivity index is 2.01. The largest absolute Gasteiger partial charge is 0.367 e. The Morgan fingerprint density at radius 3 is 2.73 bits per heavy atom. The number of allylic oxidation sites excluding steroid dienone is 2. The van der Waals surface area contributed by atoms with Gasteiger partial charge in [-0.3, -0.25) is 0 Å². The van der Waals surface area contributed by atoms with Gasteiger partial charge in [0.25, 0.3) is 0 Å². The summed E-state index contributed by atoms with van der Waals surface area (Å²) in [5, 5.41) is 15.8. The number of rotatable bonds is 1. The number of hydrogen-bond donors (Lipinski definition) is 0. The van der Waals surface area contributed by atoms with Crippen molar-refractivity contribution < 1.29 is 0 Å². The van der Waals surface area contributed by atoms with Gasteiger partial charge in [0.15, 0.2) is 0 Å². The van der Waals surface area contributed by atoms with Crippen molar-refractivity contribution in [1.82, 2.24) is 4.90 Å². The second kappa shape index (κ2) is 7.05. The quantitative estimate of drug-likeness (QED) is 0.685. The molecule has 0 atom stereocenters. The molecule has 0 radical (unpaired) electrons. The summed E-state index contributed by atoms with van der Waals surface area (Å²) in [6.45, 7) is 3.80. The first kappa shape index (κ1) is 17.6. The van der Waals surface area contributed by atoms with Gasteiger partial charge in [0, 0.05) is 53.8 Å². The summed E-state index contributed by atoms with van der Waals surface area (Å²) in [6.07, 6.45) is 3.46. The Bertz CT molecular complexity index is 1060. The van der Waals surface area contributed by atoms with Crippen LogP contribution in [0.1, 0.15) is 5.56 Å². The molecule has 0 aliphatic carbocycles. The Kier molecular flexibility index (Phi) is 4.76. The van der Waals surface area contributed by atoms with Crippen LogP contribution in [0.4, 0.5) is 11.4 Å². The van der Waals surface area contributed by atoms with E-state index in [0.717, 1.165) is 59.3 Å². The molecule has 0 bridgehead atoms. The zero-order valence-corrected chi connectivity index (χ0v) is 16.5. The Morgan fingerprint density at radius 2 is 2.00 bits per heavy atom. The van der Waals surface area contributed by atoms with E-state index >= 15 is 0 Å². The zero-order chi connectivity index (χ0) is 18.3. The van der Waals surface area contributed by atoms with E-state index in [0.29, 0.717) is 10.0 Å². The normalized spacial score (nSPS) is 18.4. The van der Waals surface area contributed by atoms with Gasteiger partial charge < -0.3 is 9.80 Å². The Morgan fingerprint density at radius 1 is 1.23 bits per heavy atom. The SMILES string of the molecule is CN1CCN(c2cc(Cl)c(Cl)c3c2=Nc2cscc2/C(=C\C#N)C=3)CC1. The highest BCUT2D eigenvalue weighted by Crippen LogP contribution is 2.33. The number of benzene rings is 1. The lowest BCUT2D eigenvalue weighted by Gasteiger charge is -2.34. The molecular weight excluding hydrogens is 387 g/mol. The smallest absolute Gasteiger partial charge is 0.0959 e. The lowest BCUT2D eigenvalue weighted by Crippen LogP contribution is -2.47. The molecule has 2 aliphatic rings. The summed E-state index contributed by atoms with van der Waals surface area (Å²) < 4.78 is 0. The second-order valence-corrected chi connectivity index (χ2v) is 7.93. The fraction of sp³-hybridized carbons (Fsp3) is 0.263. The van der Waals surface area contributed by atoms with E-state index in [-0.39, 0.29) is 0 Å². The zero-order valence-electron chi connectivity index (χ0n) is 14.2. The molecule has 4 rings (SSSR count). The Labute approximate surface area is 165 Å². The topological polar surface area (TPSA) is 42.6 Å². The maximum Gasteiger partial charge on any atom is 0.0959 e. The van der Waals surface area contributed by atoms with Gasteiger partial charge in [-0.05, 0) is 24.8 Å². The summed E-state index contributed by atoms with van der Waals surface area (Å²) in [7, 11) is 2.13. The highest BCUT2D eigenvalue weighted by molar-refractivity contribution is 7.08. The molecule has 0 saturated carbocycles. The third-order valence-corrected chi connectivity index (χ3v) is 6.29. The van der Waals surface area contributed by atoms with Crippen molar-refractivity contribution in [2.24, 2.45) is 4.99 Å². The molecule has 1 saturated heterocycles. The van der Waals surface area contributed by atoms with Crippen LogP contribution in [0.3, 0.4) is 0 Å². The van der Waals surface area contributed by atoms with E-state index in [4.69, 9.17) is 28.2 Å². The van der Waals surface area contributed by atoms with Crippen molar-refractivity contribution in [3.05, 3.63) is 49.1 Å². The molecule has 0 N–H and O–H groups in total. The maximum atomic E-state index is 9.18. The van der Waals surface area contributed by atoms with E-state index in [9.17, 15) is 5.26 Å². The minimum absolute atomic E-state index is 0.473. The van der Waals surface area contributed by atoms with Crippen LogP contribution in [0.2, 0.25) is 10.0 Å². The van der Waals surface area contributed by atoms with Gasteiger partial charge in [-0.15, -0.1) is 11.3 Å². The number of nitrogens with zero attached hydrogens (tertiary/aromatic N) is 4. The van der Waals surface area contributed by atoms with Crippen molar-refractivity contribution in [3.8, 4) is 6.07 Å². The first-order valence-electron chi connectivity index (χ1n) is 8.27. The number of hydrogen-bond acceptors (Lipinski definition) is 5. The van der Waals surface area contributed by atoms with Crippen LogP contribution in [0.15, 0.2) is 27.9 Å². The highest BCUT2D eigenvalue weighted by Gasteiger charge is 2.20. The number of thiophene rings is 1. The average Bonchev–Trinajstić information content (AvgIpc) is 3.03. The number of likely N-dealkylation sites (N-methyl/N-ethyl adjacent to an activating group) is 1. The van der Waals surface area contributed by atoms with E-state index in [1.807, 2.05) is 22.9 Å². The molecule has 0 spiro atoms. The summed E-state index contributed by atoms with van der Waals surface area (Å²) >= 11 is 14.6. The average molecular weight is 403 g/mol. The van der Waals surface area contributed by atoms with E-state index in [2.05, 4.69) is 22.9 Å². The molecule has 132 valence electrons. The minimum atomic E-state index is 0.473. The van der Waals surface area contributed by atoms with Gasteiger partial charge in [0.1, 0.15) is 0 Å². The molecule has 2 aromatic rings. The molecule has 0 amide bonds. The van der Waals surface area contributed by atoms with Crippen LogP contribution < -0.4 is 15.5 Å². The summed E-state index contributed by atoms with van der Waals surface area (Å²) in [5.74, 6) is 0. The van der Waals surface area contributed by atoms with Crippen LogP contribution in [0.5, 0.6) is 0 Å². The monoisotopic (exact) mass is 402 g/mol. The first-order valence-corrected chi connectivity index (χ1v) is 9.96. The molecule has 0 unspecified atom stereocenters. The van der Waals surface area contributed by atoms with Crippen LogP contribution in [0, 0.1) is 11.3 Å². The van der Waals surface area contributed by atoms with Crippen molar-refractivity contribution in [3.63, 3.8) is 0 Å². The summed E-state index contributed by atoms with van der Waals surface area (Å²) in [5.41, 5.74) is 3.61. The molecule has 26 heavy (non-hydrogen) atoms. The van der Waals surface area contributed by atoms with Crippen molar-refractivity contribution in [1.29, 1.82) is 5.26 Å². The number of halogens is 2. The number of nitriles is 1. The van der Waals surface area contributed by atoms with Crippen LogP contribution in [-0.4, -0.2) is 38.1 Å². The minimum Gasteiger partial charge on any atom is -0.367 e. The van der Waals surface area contributed by atoms with Crippen molar-refractivity contribution >= 4 is 57.6 Å². The molecule has 1 fully saturated rings. The van der Waals surface area contributed by atoms with Gasteiger partial charge in [-0.1, -0.05) is 23.2 Å². The van der Waals surface area contributed by atoms with Crippen LogP contribution >= 0.6 is 34.5 Å². The van der Waals surface area contributed by atoms with Gasteiger partial charge in [-0.2, -0.15) is 5.26 Å². The number of piperazine rings is 1. The molecule has 1 aromatic heterocycles. The summed E-state index contributed by atoms with van der Waals surface area (Å²) in [4.78, 5) is 9.54. The van der Waals surface area contributed by atoms with E-state index in [1.165, 1.54) is 6.08 Å². The van der Waals surface area contributed by atoms with Crippen LogP contribution in [0.25, 0.3) is 11.6 Å². The molecule has 2 aliphatic heterocycles. The summed E-state index contributed by atoms with van der Waals surface area (Å²) in [6, 6.07) is 4.03. The standard InChI is InChI=1S/C19H16Cl2N4S/c1-24-4-6-25(7-5-24)17-9-15(20)18(21)13-8-12(2-3-22)14-10-26-11-16(14)23-19(13)17/h2,8-11H,4-7H2,1H3/b12-2-. The second-order valence-electron chi connectivity index (χ2n) is 6.40. The Hall–Kier alpha value is -1.84. The highest BCUT2D eigenvalue weighted by atomic mass is 35.5. The lowest BCUT2D eigenvalue weighted by atomic mass is 10.1. The van der Waals surface area contributed by atoms with E-state index < -0.39 is 0 Å². The number of anilines is 1. The van der Waals surface area contributed by atoms with Gasteiger partial charge in [0.2, 0.25) is 0 Å². The van der Waals surface area contributed by atoms with E-state index in [1.54, 1.807) is 11.3 Å². The fourth-order valence-electron chi connectivity index (χ4n) is 3.30. The van der Waals surface area contributed by atoms with Gasteiger partial charge in [-0.25, -0.2) is 4.99 Å². The predicted molar refractivity (Wildman–Crippen MR) is 109 cm³/mol. The van der Waals surface area contributed by atoms with Gasteiger partial charge >= 0.3 is 0 Å². The van der Waals surface area contributed by atoms with Crippen molar-refractivity contribution in [2.45, 2.75) is 0 Å². The maximum absolute atomic E-state index is 9.18.